The SMILES string of the molecule is COC(=O)c1ccc(CS(=O)(=O)c2cc(Br)cc(C(F)(F)F)c2)cc1O. The van der Waals surface area contributed by atoms with Gasteiger partial charge in [-0.3, -0.25) is 0 Å². The van der Waals surface area contributed by atoms with Crippen molar-refractivity contribution in [3.63, 3.8) is 0 Å². The van der Waals surface area contributed by atoms with E-state index < -0.39 is 43.9 Å². The summed E-state index contributed by atoms with van der Waals surface area (Å²) in [5, 5.41) is 9.80. The summed E-state index contributed by atoms with van der Waals surface area (Å²) in [7, 11) is -3.01. The monoisotopic (exact) mass is 452 g/mol. The quantitative estimate of drug-likeness (QED) is 0.710. The van der Waals surface area contributed by atoms with Crippen LogP contribution in [0.2, 0.25) is 0 Å². The number of carbonyl (C=O) groups is 1. The van der Waals surface area contributed by atoms with Gasteiger partial charge in [0, 0.05) is 4.47 Å². The average molecular weight is 453 g/mol. The molecule has 26 heavy (non-hydrogen) atoms. The standard InChI is InChI=1S/C16H12BrF3O5S/c1-25-15(22)13-3-2-9(4-14(13)21)8-26(23,24)12-6-10(16(18,19)20)5-11(17)7-12/h2-7,21H,8H2,1H3. The molecule has 5 nitrogen and oxygen atoms in total. The van der Waals surface area contributed by atoms with E-state index in [1.807, 2.05) is 0 Å². The van der Waals surface area contributed by atoms with Crippen molar-refractivity contribution in [1.29, 1.82) is 0 Å². The minimum atomic E-state index is -4.70. The van der Waals surface area contributed by atoms with E-state index in [0.717, 1.165) is 25.3 Å². The number of hydrogen-bond acceptors (Lipinski definition) is 5. The van der Waals surface area contributed by atoms with Gasteiger partial charge in [-0.25, -0.2) is 13.2 Å². The van der Waals surface area contributed by atoms with Gasteiger partial charge in [0.1, 0.15) is 11.3 Å². The Balaban J connectivity index is 2.39. The Morgan fingerprint density at radius 1 is 1.19 bits per heavy atom. The average Bonchev–Trinajstić information content (AvgIpc) is 2.52. The number of carbonyl (C=O) groups excluding carboxylic acids is 1. The smallest absolute Gasteiger partial charge is 0.416 e. The lowest BCUT2D eigenvalue weighted by atomic mass is 10.1. The molecule has 0 heterocycles. The summed E-state index contributed by atoms with van der Waals surface area (Å²) >= 11 is 2.87. The molecular formula is C16H12BrF3O5S. The molecule has 140 valence electrons. The predicted octanol–water partition coefficient (Wildman–Crippen LogP) is 3.93. The van der Waals surface area contributed by atoms with Crippen LogP contribution in [0.3, 0.4) is 0 Å². The fourth-order valence-corrected chi connectivity index (χ4v) is 4.20. The minimum Gasteiger partial charge on any atom is -0.507 e. The van der Waals surface area contributed by atoms with Crippen LogP contribution in [0.4, 0.5) is 13.2 Å². The number of phenols is 1. The number of ether oxygens (including phenoxy) is 1. The summed E-state index contributed by atoms with van der Waals surface area (Å²) in [5.74, 6) is -1.95. The molecule has 1 N–H and O–H groups in total. The Hall–Kier alpha value is -2.07. The zero-order chi connectivity index (χ0) is 19.7. The Morgan fingerprint density at radius 3 is 2.38 bits per heavy atom. The number of alkyl halides is 3. The zero-order valence-corrected chi connectivity index (χ0v) is 15.6. The van der Waals surface area contributed by atoms with Crippen molar-refractivity contribution in [2.45, 2.75) is 16.8 Å². The van der Waals surface area contributed by atoms with Crippen LogP contribution < -0.4 is 0 Å². The number of esters is 1. The van der Waals surface area contributed by atoms with Gasteiger partial charge < -0.3 is 9.84 Å². The number of aromatic hydroxyl groups is 1. The van der Waals surface area contributed by atoms with Gasteiger partial charge in [-0.05, 0) is 35.9 Å². The van der Waals surface area contributed by atoms with Gasteiger partial charge in [0.15, 0.2) is 9.84 Å². The van der Waals surface area contributed by atoms with Gasteiger partial charge in [-0.15, -0.1) is 0 Å². The van der Waals surface area contributed by atoms with E-state index in [1.54, 1.807) is 0 Å². The van der Waals surface area contributed by atoms with E-state index in [0.29, 0.717) is 6.07 Å². The van der Waals surface area contributed by atoms with Gasteiger partial charge in [-0.1, -0.05) is 22.0 Å². The topological polar surface area (TPSA) is 80.7 Å². The summed E-state index contributed by atoms with van der Waals surface area (Å²) < 4.78 is 68.0. The van der Waals surface area contributed by atoms with E-state index in [9.17, 15) is 31.5 Å². The third-order valence-electron chi connectivity index (χ3n) is 3.38. The van der Waals surface area contributed by atoms with Crippen LogP contribution in [-0.4, -0.2) is 26.6 Å². The fraction of sp³-hybridized carbons (Fsp3) is 0.188. The predicted molar refractivity (Wildman–Crippen MR) is 89.5 cm³/mol. The maximum absolute atomic E-state index is 12.9. The second-order valence-electron chi connectivity index (χ2n) is 5.28. The van der Waals surface area contributed by atoms with Crippen molar-refractivity contribution >= 4 is 31.7 Å². The summed E-state index contributed by atoms with van der Waals surface area (Å²) in [5.41, 5.74) is -1.16. The van der Waals surface area contributed by atoms with Gasteiger partial charge in [0.25, 0.3) is 0 Å². The highest BCUT2D eigenvalue weighted by molar-refractivity contribution is 9.10. The zero-order valence-electron chi connectivity index (χ0n) is 13.2. The van der Waals surface area contributed by atoms with Crippen LogP contribution in [0.1, 0.15) is 21.5 Å². The third-order valence-corrected chi connectivity index (χ3v) is 5.51. The highest BCUT2D eigenvalue weighted by atomic mass is 79.9. The highest BCUT2D eigenvalue weighted by Gasteiger charge is 2.32. The molecule has 0 unspecified atom stereocenters. The van der Waals surface area contributed by atoms with Crippen molar-refractivity contribution in [3.8, 4) is 5.75 Å². The first-order valence-electron chi connectivity index (χ1n) is 6.95. The Kier molecular flexibility index (Phi) is 5.67. The summed E-state index contributed by atoms with van der Waals surface area (Å²) in [6.45, 7) is 0. The van der Waals surface area contributed by atoms with Crippen molar-refractivity contribution in [2.75, 3.05) is 7.11 Å². The van der Waals surface area contributed by atoms with Gasteiger partial charge in [0.05, 0.1) is 23.3 Å². The number of sulfone groups is 1. The molecule has 2 aromatic carbocycles. The molecule has 2 rings (SSSR count). The number of benzene rings is 2. The molecule has 0 atom stereocenters. The van der Waals surface area contributed by atoms with E-state index in [2.05, 4.69) is 20.7 Å². The van der Waals surface area contributed by atoms with Crippen LogP contribution >= 0.6 is 15.9 Å². The maximum atomic E-state index is 12.9. The van der Waals surface area contributed by atoms with E-state index in [1.165, 1.54) is 12.1 Å². The second kappa shape index (κ2) is 7.28. The van der Waals surface area contributed by atoms with Crippen LogP contribution in [0, 0.1) is 0 Å². The van der Waals surface area contributed by atoms with Crippen LogP contribution in [0.25, 0.3) is 0 Å². The summed E-state index contributed by atoms with van der Waals surface area (Å²) in [6, 6.07) is 5.87. The molecule has 0 aliphatic carbocycles. The van der Waals surface area contributed by atoms with Crippen molar-refractivity contribution in [2.24, 2.45) is 0 Å². The third kappa shape index (κ3) is 4.55. The van der Waals surface area contributed by atoms with Crippen LogP contribution in [-0.2, 0) is 26.5 Å². The second-order valence-corrected chi connectivity index (χ2v) is 8.18. The highest BCUT2D eigenvalue weighted by Crippen LogP contribution is 2.34. The molecule has 0 amide bonds. The Bertz CT molecular complexity index is 955. The maximum Gasteiger partial charge on any atom is 0.416 e. The molecule has 0 radical (unpaired) electrons. The van der Waals surface area contributed by atoms with E-state index >= 15 is 0 Å². The number of rotatable bonds is 4. The summed E-state index contributed by atoms with van der Waals surface area (Å²) in [6.07, 6.45) is -4.70. The van der Waals surface area contributed by atoms with Crippen molar-refractivity contribution < 1.29 is 36.2 Å². The Morgan fingerprint density at radius 2 is 1.85 bits per heavy atom. The molecule has 0 aliphatic heterocycles. The Labute approximate surface area is 155 Å². The van der Waals surface area contributed by atoms with E-state index in [-0.39, 0.29) is 15.6 Å². The number of methoxy groups -OCH3 is 1. The molecule has 0 bridgehead atoms. The first-order valence-corrected chi connectivity index (χ1v) is 9.39. The molecule has 0 saturated heterocycles. The molecule has 0 aliphatic rings. The fourth-order valence-electron chi connectivity index (χ4n) is 2.16. The molecular weight excluding hydrogens is 441 g/mol. The number of halogens is 4. The molecule has 0 aromatic heterocycles. The lowest BCUT2D eigenvalue weighted by Crippen LogP contribution is -2.10. The first-order chi connectivity index (χ1) is 11.9. The van der Waals surface area contributed by atoms with E-state index in [4.69, 9.17) is 0 Å². The molecule has 10 heteroatoms. The molecule has 0 fully saturated rings. The minimum absolute atomic E-state index is 0.0326. The van der Waals surface area contributed by atoms with Gasteiger partial charge in [0.2, 0.25) is 0 Å². The lowest BCUT2D eigenvalue weighted by Gasteiger charge is -2.11. The molecule has 0 spiro atoms. The number of hydrogen-bond donors (Lipinski definition) is 1. The van der Waals surface area contributed by atoms with Crippen molar-refractivity contribution in [3.05, 3.63) is 57.6 Å². The van der Waals surface area contributed by atoms with Crippen LogP contribution in [0.5, 0.6) is 5.75 Å². The number of phenolic OH excluding ortho intramolecular Hbond substituents is 1. The first kappa shape index (κ1) is 20.2. The molecule has 2 aromatic rings. The molecule has 0 saturated carbocycles. The summed E-state index contributed by atoms with van der Waals surface area (Å²) in [4.78, 5) is 10.9. The van der Waals surface area contributed by atoms with Gasteiger partial charge in [-0.2, -0.15) is 13.2 Å². The normalized spacial score (nSPS) is 12.0. The largest absolute Gasteiger partial charge is 0.507 e. The van der Waals surface area contributed by atoms with Gasteiger partial charge >= 0.3 is 12.1 Å². The van der Waals surface area contributed by atoms with Crippen molar-refractivity contribution in [1.82, 2.24) is 0 Å². The lowest BCUT2D eigenvalue weighted by molar-refractivity contribution is -0.137. The van der Waals surface area contributed by atoms with Crippen LogP contribution in [0.15, 0.2) is 45.8 Å².